The van der Waals surface area contributed by atoms with Gasteiger partial charge in [0.15, 0.2) is 0 Å². The van der Waals surface area contributed by atoms with Gasteiger partial charge in [0.2, 0.25) is 0 Å². The van der Waals surface area contributed by atoms with Gasteiger partial charge >= 0.3 is 0 Å². The van der Waals surface area contributed by atoms with Gasteiger partial charge in [-0.15, -0.1) is 11.8 Å². The van der Waals surface area contributed by atoms with Gasteiger partial charge in [0, 0.05) is 33.0 Å². The van der Waals surface area contributed by atoms with Crippen LogP contribution < -0.4 is 0 Å². The van der Waals surface area contributed by atoms with Crippen molar-refractivity contribution in [1.29, 1.82) is 0 Å². The molecule has 1 aliphatic rings. The lowest BCUT2D eigenvalue weighted by Crippen LogP contribution is -1.88. The Hall–Kier alpha value is -1.94. The molecule has 0 spiro atoms. The van der Waals surface area contributed by atoms with Crippen molar-refractivity contribution < 1.29 is 5.11 Å². The van der Waals surface area contributed by atoms with E-state index in [4.69, 9.17) is 0 Å². The average molecular weight is 296 g/mol. The molecule has 2 aromatic heterocycles. The molecule has 0 atom stereocenters. The van der Waals surface area contributed by atoms with Crippen LogP contribution in [0, 0.1) is 6.92 Å². The molecule has 3 nitrogen and oxygen atoms in total. The first-order valence-electron chi connectivity index (χ1n) is 7.15. The standard InChI is InChI=1S/C17H16N2OS/c1-10-8-14(13-6-7-18-17(13)19-10)15-9-12(4-5-16(15)20)21-11-2-3-11/h4-9,11,20H,2-3H2,1H3,(H,18,19). The summed E-state index contributed by atoms with van der Waals surface area (Å²) in [6, 6.07) is 9.95. The number of phenolic OH excluding ortho intramolecular Hbond substituents is 1. The van der Waals surface area contributed by atoms with Gasteiger partial charge in [-0.3, -0.25) is 0 Å². The third kappa shape index (κ3) is 2.40. The number of aromatic amines is 1. The maximum Gasteiger partial charge on any atom is 0.138 e. The molecule has 1 saturated carbocycles. The molecule has 1 aromatic carbocycles. The van der Waals surface area contributed by atoms with Crippen LogP contribution in [-0.2, 0) is 0 Å². The number of hydrogen-bond donors (Lipinski definition) is 2. The zero-order chi connectivity index (χ0) is 14.4. The SMILES string of the molecule is Cc1cc(-c2cc(SC3CC3)ccc2O)c2cc[nH]c2n1. The van der Waals surface area contributed by atoms with Crippen LogP contribution in [0.4, 0.5) is 0 Å². The minimum Gasteiger partial charge on any atom is -0.507 e. The largest absolute Gasteiger partial charge is 0.507 e. The monoisotopic (exact) mass is 296 g/mol. The second kappa shape index (κ2) is 4.81. The van der Waals surface area contributed by atoms with Crippen molar-refractivity contribution >= 4 is 22.8 Å². The van der Waals surface area contributed by atoms with Gasteiger partial charge in [-0.2, -0.15) is 0 Å². The zero-order valence-corrected chi connectivity index (χ0v) is 12.6. The second-order valence-corrected chi connectivity index (χ2v) is 6.92. The van der Waals surface area contributed by atoms with E-state index in [0.717, 1.165) is 33.1 Å². The average Bonchev–Trinajstić information content (AvgIpc) is 3.15. The number of nitrogens with one attached hydrogen (secondary N) is 1. The normalized spacial score (nSPS) is 14.7. The molecule has 21 heavy (non-hydrogen) atoms. The van der Waals surface area contributed by atoms with Gasteiger partial charge in [-0.25, -0.2) is 4.98 Å². The summed E-state index contributed by atoms with van der Waals surface area (Å²) < 4.78 is 0. The number of hydrogen-bond acceptors (Lipinski definition) is 3. The Morgan fingerprint density at radius 3 is 2.86 bits per heavy atom. The van der Waals surface area contributed by atoms with Gasteiger partial charge < -0.3 is 10.1 Å². The summed E-state index contributed by atoms with van der Waals surface area (Å²) in [5.74, 6) is 0.322. The van der Waals surface area contributed by atoms with E-state index in [1.165, 1.54) is 17.7 Å². The van der Waals surface area contributed by atoms with Crippen molar-refractivity contribution in [3.8, 4) is 16.9 Å². The summed E-state index contributed by atoms with van der Waals surface area (Å²) in [5, 5.41) is 12.1. The molecular formula is C17H16N2OS. The van der Waals surface area contributed by atoms with E-state index < -0.39 is 0 Å². The van der Waals surface area contributed by atoms with Crippen molar-refractivity contribution in [3.05, 3.63) is 42.2 Å². The van der Waals surface area contributed by atoms with E-state index >= 15 is 0 Å². The summed E-state index contributed by atoms with van der Waals surface area (Å²) in [4.78, 5) is 8.86. The highest BCUT2D eigenvalue weighted by molar-refractivity contribution is 8.00. The van der Waals surface area contributed by atoms with Crippen molar-refractivity contribution in [1.82, 2.24) is 9.97 Å². The number of rotatable bonds is 3. The molecule has 0 bridgehead atoms. The summed E-state index contributed by atoms with van der Waals surface area (Å²) in [5.41, 5.74) is 3.73. The summed E-state index contributed by atoms with van der Waals surface area (Å²) in [6.45, 7) is 1.98. The number of nitrogens with zero attached hydrogens (tertiary/aromatic N) is 1. The second-order valence-electron chi connectivity index (χ2n) is 5.55. The number of benzene rings is 1. The molecular weight excluding hydrogens is 280 g/mol. The van der Waals surface area contributed by atoms with E-state index in [9.17, 15) is 5.11 Å². The highest BCUT2D eigenvalue weighted by Gasteiger charge is 2.23. The molecule has 0 amide bonds. The van der Waals surface area contributed by atoms with Gasteiger partial charge in [-0.1, -0.05) is 0 Å². The first-order valence-corrected chi connectivity index (χ1v) is 8.03. The van der Waals surface area contributed by atoms with Crippen molar-refractivity contribution in [3.63, 3.8) is 0 Å². The van der Waals surface area contributed by atoms with Crippen molar-refractivity contribution in [2.24, 2.45) is 0 Å². The fourth-order valence-electron chi connectivity index (χ4n) is 2.57. The van der Waals surface area contributed by atoms with Gasteiger partial charge in [0.25, 0.3) is 0 Å². The molecule has 4 rings (SSSR count). The first-order chi connectivity index (χ1) is 10.2. The topological polar surface area (TPSA) is 48.9 Å². The van der Waals surface area contributed by atoms with Crippen LogP contribution >= 0.6 is 11.8 Å². The quantitative estimate of drug-likeness (QED) is 0.748. The van der Waals surface area contributed by atoms with Crippen LogP contribution in [0.1, 0.15) is 18.5 Å². The van der Waals surface area contributed by atoms with Crippen LogP contribution in [-0.4, -0.2) is 20.3 Å². The van der Waals surface area contributed by atoms with Crippen LogP contribution in [0.25, 0.3) is 22.2 Å². The Labute approximate surface area is 127 Å². The summed E-state index contributed by atoms with van der Waals surface area (Å²) in [6.07, 6.45) is 4.50. The Balaban J connectivity index is 1.88. The highest BCUT2D eigenvalue weighted by atomic mass is 32.2. The Morgan fingerprint density at radius 2 is 2.05 bits per heavy atom. The molecule has 0 unspecified atom stereocenters. The fraction of sp³-hybridized carbons (Fsp3) is 0.235. The van der Waals surface area contributed by atoms with Crippen molar-refractivity contribution in [2.75, 3.05) is 0 Å². The third-order valence-electron chi connectivity index (χ3n) is 3.74. The van der Waals surface area contributed by atoms with Gasteiger partial charge in [-0.05, 0) is 55.7 Å². The van der Waals surface area contributed by atoms with E-state index in [2.05, 4.69) is 16.0 Å². The molecule has 2 heterocycles. The number of fused-ring (bicyclic) bond motifs is 1. The zero-order valence-electron chi connectivity index (χ0n) is 11.8. The molecule has 3 aromatic rings. The molecule has 1 fully saturated rings. The third-order valence-corrected chi connectivity index (χ3v) is 5.07. The van der Waals surface area contributed by atoms with E-state index in [1.54, 1.807) is 6.07 Å². The molecule has 0 aliphatic heterocycles. The summed E-state index contributed by atoms with van der Waals surface area (Å²) >= 11 is 1.90. The van der Waals surface area contributed by atoms with Crippen LogP contribution in [0.15, 0.2) is 41.4 Å². The Bertz CT molecular complexity index is 821. The lowest BCUT2D eigenvalue weighted by Gasteiger charge is -2.10. The number of aromatic nitrogens is 2. The lowest BCUT2D eigenvalue weighted by molar-refractivity contribution is 0.477. The Morgan fingerprint density at radius 1 is 1.19 bits per heavy atom. The number of phenols is 1. The van der Waals surface area contributed by atoms with E-state index in [0.29, 0.717) is 5.75 Å². The number of pyridine rings is 1. The number of aryl methyl sites for hydroxylation is 1. The highest BCUT2D eigenvalue weighted by Crippen LogP contribution is 2.42. The van der Waals surface area contributed by atoms with E-state index in [1.807, 2.05) is 43.1 Å². The summed E-state index contributed by atoms with van der Waals surface area (Å²) in [7, 11) is 0. The molecule has 4 heteroatoms. The molecule has 0 saturated heterocycles. The van der Waals surface area contributed by atoms with Gasteiger partial charge in [0.1, 0.15) is 11.4 Å². The minimum atomic E-state index is 0.322. The molecule has 0 radical (unpaired) electrons. The number of H-pyrrole nitrogens is 1. The first kappa shape index (κ1) is 12.8. The smallest absolute Gasteiger partial charge is 0.138 e. The minimum absolute atomic E-state index is 0.322. The van der Waals surface area contributed by atoms with Crippen LogP contribution in [0.2, 0.25) is 0 Å². The van der Waals surface area contributed by atoms with Gasteiger partial charge in [0.05, 0.1) is 0 Å². The molecule has 1 aliphatic carbocycles. The van der Waals surface area contributed by atoms with Crippen LogP contribution in [0.3, 0.4) is 0 Å². The number of aromatic hydroxyl groups is 1. The van der Waals surface area contributed by atoms with Crippen LogP contribution in [0.5, 0.6) is 5.75 Å². The predicted molar refractivity (Wildman–Crippen MR) is 86.8 cm³/mol. The predicted octanol–water partition coefficient (Wildman–Crippen LogP) is 4.50. The maximum absolute atomic E-state index is 10.3. The van der Waals surface area contributed by atoms with Crippen molar-refractivity contribution in [2.45, 2.75) is 29.9 Å². The molecule has 2 N–H and O–H groups in total. The lowest BCUT2D eigenvalue weighted by atomic mass is 10.0. The fourth-order valence-corrected chi connectivity index (χ4v) is 3.66. The maximum atomic E-state index is 10.3. The molecule has 106 valence electrons. The Kier molecular flexibility index (Phi) is 2.93. The number of thioether (sulfide) groups is 1. The van der Waals surface area contributed by atoms with E-state index in [-0.39, 0.29) is 0 Å².